The van der Waals surface area contributed by atoms with E-state index in [1.165, 1.54) is 13.1 Å². The second kappa shape index (κ2) is 6.65. The van der Waals surface area contributed by atoms with Crippen molar-refractivity contribution >= 4 is 11.6 Å². The minimum atomic E-state index is -0.765. The van der Waals surface area contributed by atoms with Crippen LogP contribution in [0.3, 0.4) is 0 Å². The predicted molar refractivity (Wildman–Crippen MR) is 79.6 cm³/mol. The molecule has 0 unspecified atom stereocenters. The van der Waals surface area contributed by atoms with E-state index in [9.17, 15) is 9.50 Å². The molecule has 112 valence electrons. The van der Waals surface area contributed by atoms with E-state index in [4.69, 9.17) is 21.1 Å². The zero-order valence-corrected chi connectivity index (χ0v) is 12.2. The van der Waals surface area contributed by atoms with Crippen LogP contribution in [0.1, 0.15) is 0 Å². The molecular weight excluding hydrogens is 297 g/mol. The van der Waals surface area contributed by atoms with Crippen molar-refractivity contribution in [2.24, 2.45) is 5.73 Å². The fraction of sp³-hybridized carbons (Fsp3) is 0.200. The smallest absolute Gasteiger partial charge is 0.207 e. The summed E-state index contributed by atoms with van der Waals surface area (Å²) in [7, 11) is 1.50. The van der Waals surface area contributed by atoms with Crippen LogP contribution >= 0.6 is 11.6 Å². The summed E-state index contributed by atoms with van der Waals surface area (Å²) in [5.74, 6) is -0.955. The van der Waals surface area contributed by atoms with Crippen molar-refractivity contribution in [3.63, 3.8) is 0 Å². The number of hydrogen-bond acceptors (Lipinski definition) is 4. The summed E-state index contributed by atoms with van der Waals surface area (Å²) < 4.78 is 24.5. The number of rotatable bonds is 1. The predicted octanol–water partition coefficient (Wildman–Crippen LogP) is 3.20. The molecule has 0 aliphatic carbocycles. The van der Waals surface area contributed by atoms with Gasteiger partial charge in [0.1, 0.15) is 13.2 Å². The zero-order chi connectivity index (χ0) is 15.4. The lowest BCUT2D eigenvalue weighted by Crippen LogP contribution is -2.16. The van der Waals surface area contributed by atoms with Crippen molar-refractivity contribution < 1.29 is 19.0 Å². The molecule has 3 N–H and O–H groups in total. The molecule has 21 heavy (non-hydrogen) atoms. The SMILES string of the molecule is CN.Oc1c(F)cc(-c2ccccc2Cl)c2c1OCCO2. The molecule has 0 bridgehead atoms. The van der Waals surface area contributed by atoms with Crippen LogP contribution in [-0.4, -0.2) is 25.4 Å². The zero-order valence-electron chi connectivity index (χ0n) is 11.4. The van der Waals surface area contributed by atoms with Gasteiger partial charge in [-0.1, -0.05) is 29.8 Å². The number of aromatic hydroxyl groups is 1. The van der Waals surface area contributed by atoms with Crippen molar-refractivity contribution in [1.29, 1.82) is 0 Å². The molecule has 4 nitrogen and oxygen atoms in total. The highest BCUT2D eigenvalue weighted by molar-refractivity contribution is 6.33. The minimum absolute atomic E-state index is 0.0289. The molecule has 0 atom stereocenters. The number of phenolic OH excluding ortho intramolecular Hbond substituents is 1. The molecule has 0 amide bonds. The topological polar surface area (TPSA) is 64.7 Å². The lowest BCUT2D eigenvalue weighted by molar-refractivity contribution is 0.165. The number of phenols is 1. The van der Waals surface area contributed by atoms with Gasteiger partial charge in [0.05, 0.1) is 0 Å². The molecule has 3 rings (SSSR count). The Kier molecular flexibility index (Phi) is 4.88. The maximum absolute atomic E-state index is 13.8. The third-order valence-corrected chi connectivity index (χ3v) is 3.23. The standard InChI is InChI=1S/C14H10ClFO3.CH5N/c15-10-4-2-1-3-8(10)9-7-11(16)12(17)14-13(9)18-5-6-19-14;1-2/h1-4,7,17H,5-6H2;2H2,1H3. The average Bonchev–Trinajstić information content (AvgIpc) is 2.54. The first-order valence-electron chi connectivity index (χ1n) is 6.32. The number of ether oxygens (including phenoxy) is 2. The molecule has 0 fully saturated rings. The van der Waals surface area contributed by atoms with E-state index in [1.54, 1.807) is 24.3 Å². The number of fused-ring (bicyclic) bond motifs is 1. The van der Waals surface area contributed by atoms with Crippen molar-refractivity contribution in [3.8, 4) is 28.4 Å². The maximum Gasteiger partial charge on any atom is 0.207 e. The average molecular weight is 312 g/mol. The molecule has 0 saturated heterocycles. The van der Waals surface area contributed by atoms with Crippen LogP contribution in [0.2, 0.25) is 5.02 Å². The molecule has 1 aliphatic rings. The van der Waals surface area contributed by atoms with Gasteiger partial charge in [-0.2, -0.15) is 0 Å². The second-order valence-electron chi connectivity index (χ2n) is 4.09. The summed E-state index contributed by atoms with van der Waals surface area (Å²) in [4.78, 5) is 0. The Labute approximate surface area is 126 Å². The normalized spacial score (nSPS) is 12.4. The largest absolute Gasteiger partial charge is 0.502 e. The van der Waals surface area contributed by atoms with Crippen molar-refractivity contribution in [2.45, 2.75) is 0 Å². The first kappa shape index (κ1) is 15.4. The highest BCUT2D eigenvalue weighted by atomic mass is 35.5. The van der Waals surface area contributed by atoms with Crippen LogP contribution in [0.25, 0.3) is 11.1 Å². The van der Waals surface area contributed by atoms with Crippen LogP contribution in [0, 0.1) is 5.82 Å². The Balaban J connectivity index is 0.000000774. The van der Waals surface area contributed by atoms with Crippen LogP contribution in [0.4, 0.5) is 4.39 Å². The third kappa shape index (κ3) is 2.89. The highest BCUT2D eigenvalue weighted by Gasteiger charge is 2.25. The summed E-state index contributed by atoms with van der Waals surface area (Å²) >= 11 is 6.11. The van der Waals surface area contributed by atoms with Crippen molar-refractivity contribution in [2.75, 3.05) is 20.3 Å². The van der Waals surface area contributed by atoms with E-state index in [-0.39, 0.29) is 12.4 Å². The van der Waals surface area contributed by atoms with Crippen molar-refractivity contribution in [1.82, 2.24) is 0 Å². The minimum Gasteiger partial charge on any atom is -0.502 e. The molecule has 0 radical (unpaired) electrons. The molecule has 1 heterocycles. The lowest BCUT2D eigenvalue weighted by Gasteiger charge is -2.22. The highest BCUT2D eigenvalue weighted by Crippen LogP contribution is 2.48. The van der Waals surface area contributed by atoms with Crippen LogP contribution in [-0.2, 0) is 0 Å². The Morgan fingerprint density at radius 1 is 1.10 bits per heavy atom. The Morgan fingerprint density at radius 3 is 2.38 bits per heavy atom. The number of hydrogen-bond donors (Lipinski definition) is 2. The monoisotopic (exact) mass is 311 g/mol. The summed E-state index contributed by atoms with van der Waals surface area (Å²) in [5, 5.41) is 10.1. The molecule has 1 aliphatic heterocycles. The van der Waals surface area contributed by atoms with Gasteiger partial charge in [0.25, 0.3) is 0 Å². The van der Waals surface area contributed by atoms with Crippen molar-refractivity contribution in [3.05, 3.63) is 41.2 Å². The van der Waals surface area contributed by atoms with E-state index in [0.717, 1.165) is 0 Å². The fourth-order valence-corrected chi connectivity index (χ4v) is 2.28. The van der Waals surface area contributed by atoms with Gasteiger partial charge in [0.15, 0.2) is 17.3 Å². The van der Waals surface area contributed by atoms with Gasteiger partial charge >= 0.3 is 0 Å². The van der Waals surface area contributed by atoms with Gasteiger partial charge in [0.2, 0.25) is 5.75 Å². The van der Waals surface area contributed by atoms with Gasteiger partial charge < -0.3 is 20.3 Å². The summed E-state index contributed by atoms with van der Waals surface area (Å²) in [5.41, 5.74) is 5.60. The summed E-state index contributed by atoms with van der Waals surface area (Å²) in [6.45, 7) is 0.613. The van der Waals surface area contributed by atoms with Gasteiger partial charge in [0, 0.05) is 16.1 Å². The second-order valence-corrected chi connectivity index (χ2v) is 4.50. The van der Waals surface area contributed by atoms with E-state index >= 15 is 0 Å². The number of benzene rings is 2. The van der Waals surface area contributed by atoms with Gasteiger partial charge in [-0.05, 0) is 19.2 Å². The first-order valence-corrected chi connectivity index (χ1v) is 6.70. The van der Waals surface area contributed by atoms with Crippen LogP contribution < -0.4 is 15.2 Å². The molecular formula is C15H15ClFNO3. The lowest BCUT2D eigenvalue weighted by atomic mass is 10.0. The van der Waals surface area contributed by atoms with E-state index < -0.39 is 11.6 Å². The number of halogens is 2. The number of nitrogens with two attached hydrogens (primary N) is 1. The maximum atomic E-state index is 13.8. The fourth-order valence-electron chi connectivity index (χ4n) is 2.04. The van der Waals surface area contributed by atoms with Gasteiger partial charge in [-0.3, -0.25) is 0 Å². The van der Waals surface area contributed by atoms with Crippen LogP contribution in [0.5, 0.6) is 17.2 Å². The summed E-state index contributed by atoms with van der Waals surface area (Å²) in [6.07, 6.45) is 0. The molecule has 0 spiro atoms. The van der Waals surface area contributed by atoms with E-state index in [1.807, 2.05) is 0 Å². The molecule has 0 aromatic heterocycles. The molecule has 6 heteroatoms. The van der Waals surface area contributed by atoms with Gasteiger partial charge in [-0.15, -0.1) is 0 Å². The van der Waals surface area contributed by atoms with Crippen LogP contribution in [0.15, 0.2) is 30.3 Å². The quantitative estimate of drug-likeness (QED) is 0.849. The Bertz CT molecular complexity index is 649. The van der Waals surface area contributed by atoms with E-state index in [0.29, 0.717) is 28.5 Å². The summed E-state index contributed by atoms with van der Waals surface area (Å²) in [6, 6.07) is 8.24. The van der Waals surface area contributed by atoms with E-state index in [2.05, 4.69) is 5.73 Å². The third-order valence-electron chi connectivity index (χ3n) is 2.90. The molecule has 0 saturated carbocycles. The molecule has 2 aromatic carbocycles. The van der Waals surface area contributed by atoms with Gasteiger partial charge in [-0.25, -0.2) is 4.39 Å². The Hall–Kier alpha value is -1.98. The Morgan fingerprint density at radius 2 is 1.71 bits per heavy atom. The molecule has 2 aromatic rings. The first-order chi connectivity index (χ1) is 10.2.